The summed E-state index contributed by atoms with van der Waals surface area (Å²) in [5, 5.41) is 14.0. The Balaban J connectivity index is 1.48. The molecule has 1 atom stereocenters. The maximum absolute atomic E-state index is 10.2. The number of aromatic nitrogens is 1. The van der Waals surface area contributed by atoms with Crippen molar-refractivity contribution in [2.75, 3.05) is 25.0 Å². The first kappa shape index (κ1) is 15.3. The molecule has 5 heteroatoms. The Morgan fingerprint density at radius 1 is 1.23 bits per heavy atom. The predicted octanol–water partition coefficient (Wildman–Crippen LogP) is 2.57. The van der Waals surface area contributed by atoms with Gasteiger partial charge in [0.05, 0.1) is 11.1 Å². The van der Waals surface area contributed by atoms with Crippen molar-refractivity contribution in [2.45, 2.75) is 19.1 Å². The minimum absolute atomic E-state index is 0.428. The van der Waals surface area contributed by atoms with Gasteiger partial charge in [-0.15, -0.1) is 0 Å². The molecule has 1 aromatic carbocycles. The third kappa shape index (κ3) is 3.97. The van der Waals surface area contributed by atoms with E-state index >= 15 is 0 Å². The molecule has 0 saturated carbocycles. The van der Waals surface area contributed by atoms with E-state index in [1.807, 2.05) is 6.07 Å². The fourth-order valence-electron chi connectivity index (χ4n) is 2.78. The fraction of sp³-hybridized carbons (Fsp3) is 0.353. The van der Waals surface area contributed by atoms with Crippen LogP contribution in [-0.4, -0.2) is 40.7 Å². The first-order valence-electron chi connectivity index (χ1n) is 7.53. The van der Waals surface area contributed by atoms with Crippen LogP contribution in [-0.2, 0) is 13.0 Å². The fourth-order valence-corrected chi connectivity index (χ4v) is 2.89. The van der Waals surface area contributed by atoms with Crippen LogP contribution < -0.4 is 5.32 Å². The molecule has 2 N–H and O–H groups in total. The zero-order chi connectivity index (χ0) is 15.4. The molecule has 0 spiro atoms. The lowest BCUT2D eigenvalue weighted by molar-refractivity contribution is 0.114. The second-order valence-corrected chi connectivity index (χ2v) is 6.09. The molecule has 2 heterocycles. The molecule has 0 amide bonds. The van der Waals surface area contributed by atoms with Gasteiger partial charge in [-0.25, -0.2) is 4.98 Å². The number of halogens is 1. The van der Waals surface area contributed by atoms with Gasteiger partial charge in [0.1, 0.15) is 5.82 Å². The normalized spacial score (nSPS) is 16.1. The lowest BCUT2D eigenvalue weighted by Gasteiger charge is -2.30. The maximum Gasteiger partial charge on any atom is 0.126 e. The van der Waals surface area contributed by atoms with E-state index in [0.717, 1.165) is 25.3 Å². The Hall–Kier alpha value is -1.62. The highest BCUT2D eigenvalue weighted by molar-refractivity contribution is 6.30. The quantitative estimate of drug-likeness (QED) is 0.890. The molecule has 0 bridgehead atoms. The van der Waals surface area contributed by atoms with Crippen molar-refractivity contribution in [1.29, 1.82) is 0 Å². The van der Waals surface area contributed by atoms with Crippen molar-refractivity contribution in [1.82, 2.24) is 9.88 Å². The molecule has 22 heavy (non-hydrogen) atoms. The predicted molar refractivity (Wildman–Crippen MR) is 89.2 cm³/mol. The summed E-state index contributed by atoms with van der Waals surface area (Å²) in [4.78, 5) is 6.45. The van der Waals surface area contributed by atoms with Gasteiger partial charge < -0.3 is 10.4 Å². The zero-order valence-electron chi connectivity index (χ0n) is 12.4. The number of anilines is 1. The number of rotatable bonds is 5. The molecule has 116 valence electrons. The average Bonchev–Trinajstić information content (AvgIpc) is 2.54. The largest absolute Gasteiger partial charge is 0.390 e. The monoisotopic (exact) mass is 317 g/mol. The Morgan fingerprint density at radius 2 is 2.05 bits per heavy atom. The lowest BCUT2D eigenvalue weighted by atomic mass is 10.00. The van der Waals surface area contributed by atoms with Crippen LogP contribution in [0.3, 0.4) is 0 Å². The van der Waals surface area contributed by atoms with Gasteiger partial charge >= 0.3 is 0 Å². The molecule has 0 fully saturated rings. The molecule has 1 aliphatic rings. The lowest BCUT2D eigenvalue weighted by Crippen LogP contribution is -2.39. The van der Waals surface area contributed by atoms with E-state index in [4.69, 9.17) is 11.6 Å². The summed E-state index contributed by atoms with van der Waals surface area (Å²) < 4.78 is 0. The number of hydrogen-bond acceptors (Lipinski definition) is 4. The average molecular weight is 318 g/mol. The van der Waals surface area contributed by atoms with E-state index in [0.29, 0.717) is 18.1 Å². The van der Waals surface area contributed by atoms with E-state index < -0.39 is 6.10 Å². The number of β-amino-alcohol motifs (C(OH)–C–C–N with tert-alkyl or cyclic N) is 1. The Bertz CT molecular complexity index is 618. The maximum atomic E-state index is 10.2. The second-order valence-electron chi connectivity index (χ2n) is 5.65. The van der Waals surface area contributed by atoms with E-state index in [1.54, 1.807) is 12.3 Å². The number of aliphatic hydroxyl groups is 1. The molecule has 2 aromatic rings. The molecule has 1 unspecified atom stereocenters. The van der Waals surface area contributed by atoms with Crippen molar-refractivity contribution in [3.05, 3.63) is 58.7 Å². The van der Waals surface area contributed by atoms with Crippen molar-refractivity contribution in [3.8, 4) is 0 Å². The summed E-state index contributed by atoms with van der Waals surface area (Å²) >= 11 is 5.80. The number of pyridine rings is 1. The first-order chi connectivity index (χ1) is 10.7. The minimum Gasteiger partial charge on any atom is -0.390 e. The first-order valence-corrected chi connectivity index (χ1v) is 7.91. The summed E-state index contributed by atoms with van der Waals surface area (Å²) in [7, 11) is 0. The molecule has 0 aliphatic carbocycles. The van der Waals surface area contributed by atoms with Gasteiger partial charge in [-0.2, -0.15) is 0 Å². The van der Waals surface area contributed by atoms with E-state index in [9.17, 15) is 5.11 Å². The Kier molecular flexibility index (Phi) is 4.93. The van der Waals surface area contributed by atoms with E-state index in [1.165, 1.54) is 11.1 Å². The Labute approximate surface area is 135 Å². The third-order valence-electron chi connectivity index (χ3n) is 3.92. The molecule has 4 nitrogen and oxygen atoms in total. The number of nitrogens with zero attached hydrogens (tertiary/aromatic N) is 2. The van der Waals surface area contributed by atoms with Gasteiger partial charge in [0.2, 0.25) is 0 Å². The van der Waals surface area contributed by atoms with Crippen molar-refractivity contribution in [3.63, 3.8) is 0 Å². The summed E-state index contributed by atoms with van der Waals surface area (Å²) in [6.45, 7) is 3.04. The van der Waals surface area contributed by atoms with Crippen LogP contribution >= 0.6 is 11.6 Å². The summed E-state index contributed by atoms with van der Waals surface area (Å²) in [6.07, 6.45) is 2.22. The van der Waals surface area contributed by atoms with E-state index in [2.05, 4.69) is 39.5 Å². The number of hydrogen-bond donors (Lipinski definition) is 2. The van der Waals surface area contributed by atoms with Crippen LogP contribution in [0.25, 0.3) is 0 Å². The standard InChI is InChI=1S/C17H20ClN3O/c18-15-5-6-17(19-9-15)20-10-16(22)12-21-8-7-13-3-1-2-4-14(13)11-21/h1-6,9,16,22H,7-8,10-12H2,(H,19,20). The molecule has 3 rings (SSSR count). The molecule has 1 aliphatic heterocycles. The van der Waals surface area contributed by atoms with Gasteiger partial charge in [0, 0.05) is 32.4 Å². The topological polar surface area (TPSA) is 48.4 Å². The van der Waals surface area contributed by atoms with Crippen LogP contribution in [0.15, 0.2) is 42.6 Å². The summed E-state index contributed by atoms with van der Waals surface area (Å²) in [5.74, 6) is 0.729. The highest BCUT2D eigenvalue weighted by Crippen LogP contribution is 2.18. The molecule has 0 saturated heterocycles. The minimum atomic E-state index is -0.428. The highest BCUT2D eigenvalue weighted by atomic mass is 35.5. The van der Waals surface area contributed by atoms with Gasteiger partial charge in [0.25, 0.3) is 0 Å². The van der Waals surface area contributed by atoms with Crippen molar-refractivity contribution in [2.24, 2.45) is 0 Å². The molecular formula is C17H20ClN3O. The molecular weight excluding hydrogens is 298 g/mol. The van der Waals surface area contributed by atoms with Crippen LogP contribution in [0.4, 0.5) is 5.82 Å². The second kappa shape index (κ2) is 7.09. The number of nitrogens with one attached hydrogen (secondary N) is 1. The SMILES string of the molecule is OC(CNc1ccc(Cl)cn1)CN1CCc2ccccc2C1. The smallest absolute Gasteiger partial charge is 0.126 e. The molecule has 1 aromatic heterocycles. The zero-order valence-corrected chi connectivity index (χ0v) is 13.1. The van der Waals surface area contributed by atoms with Crippen LogP contribution in [0, 0.1) is 0 Å². The number of aliphatic hydroxyl groups excluding tert-OH is 1. The summed E-state index contributed by atoms with van der Waals surface area (Å²) in [5.41, 5.74) is 2.80. The van der Waals surface area contributed by atoms with Gasteiger partial charge in [0.15, 0.2) is 0 Å². The number of fused-ring (bicyclic) bond motifs is 1. The summed E-state index contributed by atoms with van der Waals surface area (Å²) in [6, 6.07) is 12.1. The third-order valence-corrected chi connectivity index (χ3v) is 4.15. The van der Waals surface area contributed by atoms with Gasteiger partial charge in [-0.1, -0.05) is 35.9 Å². The highest BCUT2D eigenvalue weighted by Gasteiger charge is 2.18. The molecule has 0 radical (unpaired) electrons. The van der Waals surface area contributed by atoms with Crippen LogP contribution in [0.1, 0.15) is 11.1 Å². The number of benzene rings is 1. The van der Waals surface area contributed by atoms with Crippen LogP contribution in [0.2, 0.25) is 5.02 Å². The van der Waals surface area contributed by atoms with Gasteiger partial charge in [-0.3, -0.25) is 4.90 Å². The van der Waals surface area contributed by atoms with Gasteiger partial charge in [-0.05, 0) is 29.7 Å². The van der Waals surface area contributed by atoms with E-state index in [-0.39, 0.29) is 0 Å². The van der Waals surface area contributed by atoms with Crippen molar-refractivity contribution >= 4 is 17.4 Å². The van der Waals surface area contributed by atoms with Crippen LogP contribution in [0.5, 0.6) is 0 Å². The van der Waals surface area contributed by atoms with Crippen molar-refractivity contribution < 1.29 is 5.11 Å². The Morgan fingerprint density at radius 3 is 2.82 bits per heavy atom.